The van der Waals surface area contributed by atoms with Gasteiger partial charge in [-0.3, -0.25) is 4.79 Å². The number of carbonyl (C=O) groups is 2. The summed E-state index contributed by atoms with van der Waals surface area (Å²) < 4.78 is 8.88. The Morgan fingerprint density at radius 3 is 1.80 bits per heavy atom. The Morgan fingerprint density at radius 2 is 1.73 bits per heavy atom. The number of carbonyl (C=O) groups excluding carboxylic acids is 1. The van der Waals surface area contributed by atoms with Crippen molar-refractivity contribution in [3.63, 3.8) is 0 Å². The van der Waals surface area contributed by atoms with Gasteiger partial charge in [-0.05, 0) is 0 Å². The van der Waals surface area contributed by atoms with Crippen LogP contribution in [0.15, 0.2) is 0 Å². The van der Waals surface area contributed by atoms with Crippen molar-refractivity contribution in [3.8, 4) is 0 Å². The fourth-order valence-electron chi connectivity index (χ4n) is 0.431. The lowest BCUT2D eigenvalue weighted by Crippen LogP contribution is -2.40. The molecule has 8 nitrogen and oxygen atoms in total. The molecule has 10 heteroatoms. The van der Waals surface area contributed by atoms with E-state index in [4.69, 9.17) is 24.4 Å². The summed E-state index contributed by atoms with van der Waals surface area (Å²) in [6.45, 7) is 1.26. The molecule has 1 amide bonds. The molecule has 90 valence electrons. The molecule has 0 aromatic carbocycles. The van der Waals surface area contributed by atoms with Crippen molar-refractivity contribution in [3.05, 3.63) is 0 Å². The first kappa shape index (κ1) is 16.8. The summed E-state index contributed by atoms with van der Waals surface area (Å²) in [5, 5.41) is 10.6. The van der Waals surface area contributed by atoms with Gasteiger partial charge in [-0.25, -0.2) is 9.36 Å². The lowest BCUT2D eigenvalue weighted by Gasteiger charge is -2.08. The highest BCUT2D eigenvalue weighted by Gasteiger charge is 2.15. The lowest BCUT2D eigenvalue weighted by atomic mass is 10.3. The van der Waals surface area contributed by atoms with Crippen LogP contribution in [-0.4, -0.2) is 43.5 Å². The van der Waals surface area contributed by atoms with E-state index < -0.39 is 19.8 Å². The van der Waals surface area contributed by atoms with E-state index in [2.05, 4.69) is 17.9 Å². The van der Waals surface area contributed by atoms with Gasteiger partial charge in [-0.2, -0.15) is 12.6 Å². The Bertz CT molecular complexity index is 256. The quantitative estimate of drug-likeness (QED) is 0.270. The topological polar surface area (TPSA) is 144 Å². The van der Waals surface area contributed by atoms with Gasteiger partial charge < -0.3 is 25.1 Å². The van der Waals surface area contributed by atoms with Gasteiger partial charge in [0.1, 0.15) is 6.04 Å². The van der Waals surface area contributed by atoms with E-state index >= 15 is 0 Å². The number of thiol groups is 1. The second-order valence-electron chi connectivity index (χ2n) is 2.29. The first-order valence-corrected chi connectivity index (χ1v) is 5.66. The minimum atomic E-state index is -4.64. The predicted octanol–water partition coefficient (Wildman–Crippen LogP) is -1.42. The summed E-state index contributed by atoms with van der Waals surface area (Å²) in [6, 6.07) is -0.874. The van der Waals surface area contributed by atoms with E-state index in [0.29, 0.717) is 0 Å². The van der Waals surface area contributed by atoms with Crippen molar-refractivity contribution < 1.29 is 33.9 Å². The van der Waals surface area contributed by atoms with Gasteiger partial charge in [0.15, 0.2) is 0 Å². The Labute approximate surface area is 91.0 Å². The monoisotopic (exact) mass is 261 g/mol. The van der Waals surface area contributed by atoms with E-state index in [9.17, 15) is 9.59 Å². The number of nitrogens with one attached hydrogen (secondary N) is 1. The fraction of sp³-hybridized carbons (Fsp3) is 0.600. The number of rotatable bonds is 3. The van der Waals surface area contributed by atoms with Crippen molar-refractivity contribution in [1.82, 2.24) is 5.32 Å². The lowest BCUT2D eigenvalue weighted by molar-refractivity contribution is -0.140. The summed E-state index contributed by atoms with van der Waals surface area (Å²) in [5.41, 5.74) is 0. The van der Waals surface area contributed by atoms with E-state index in [0.717, 1.165) is 0 Å². The molecule has 0 rings (SSSR count). The van der Waals surface area contributed by atoms with Crippen molar-refractivity contribution in [2.24, 2.45) is 0 Å². The van der Waals surface area contributed by atoms with E-state index in [-0.39, 0.29) is 11.7 Å². The van der Waals surface area contributed by atoms with E-state index in [1.807, 2.05) is 0 Å². The smallest absolute Gasteiger partial charge is 0.466 e. The van der Waals surface area contributed by atoms with Crippen LogP contribution in [0.2, 0.25) is 0 Å². The SMILES string of the molecule is CC(=O)N[C@@H](CS)C(=O)O.O=P(O)(O)O. The normalized spacial score (nSPS) is 12.1. The average Bonchev–Trinajstić information content (AvgIpc) is 1.95. The summed E-state index contributed by atoms with van der Waals surface area (Å²) in [5.74, 6) is -1.32. The van der Waals surface area contributed by atoms with Gasteiger partial charge in [0.25, 0.3) is 0 Å². The summed E-state index contributed by atoms with van der Waals surface area (Å²) in [4.78, 5) is 42.1. The first-order valence-electron chi connectivity index (χ1n) is 3.47. The van der Waals surface area contributed by atoms with Gasteiger partial charge in [-0.1, -0.05) is 0 Å². The van der Waals surface area contributed by atoms with Crippen LogP contribution in [0.25, 0.3) is 0 Å². The average molecular weight is 261 g/mol. The van der Waals surface area contributed by atoms with Gasteiger partial charge in [0.05, 0.1) is 0 Å². The van der Waals surface area contributed by atoms with Crippen LogP contribution in [0, 0.1) is 0 Å². The molecule has 5 N–H and O–H groups in total. The van der Waals surface area contributed by atoms with Gasteiger partial charge >= 0.3 is 13.8 Å². The fourth-order valence-corrected chi connectivity index (χ4v) is 0.678. The van der Waals surface area contributed by atoms with Crippen molar-refractivity contribution in [2.75, 3.05) is 5.75 Å². The minimum absolute atomic E-state index is 0.106. The first-order chi connectivity index (χ1) is 6.57. The van der Waals surface area contributed by atoms with Crippen molar-refractivity contribution >= 4 is 32.3 Å². The van der Waals surface area contributed by atoms with Crippen LogP contribution >= 0.6 is 20.5 Å². The maximum atomic E-state index is 10.3. The Kier molecular flexibility index (Phi) is 8.59. The molecular weight excluding hydrogens is 249 g/mol. The van der Waals surface area contributed by atoms with Gasteiger partial charge in [0.2, 0.25) is 5.91 Å². The largest absolute Gasteiger partial charge is 0.480 e. The zero-order chi connectivity index (χ0) is 12.6. The Hall–Kier alpha value is -0.600. The number of amides is 1. The number of carboxylic acids is 1. The summed E-state index contributed by atoms with van der Waals surface area (Å²) >= 11 is 3.73. The van der Waals surface area contributed by atoms with Crippen LogP contribution in [0.5, 0.6) is 0 Å². The van der Waals surface area contributed by atoms with E-state index in [1.165, 1.54) is 6.92 Å². The van der Waals surface area contributed by atoms with E-state index in [1.54, 1.807) is 0 Å². The van der Waals surface area contributed by atoms with Crippen LogP contribution in [-0.2, 0) is 14.2 Å². The molecule has 0 fully saturated rings. The molecule has 0 spiro atoms. The zero-order valence-corrected chi connectivity index (χ0v) is 9.48. The maximum absolute atomic E-state index is 10.3. The number of carboxylic acid groups (broad SMARTS) is 1. The molecule has 0 aliphatic heterocycles. The van der Waals surface area contributed by atoms with Crippen LogP contribution in [0.3, 0.4) is 0 Å². The molecule has 0 radical (unpaired) electrons. The summed E-state index contributed by atoms with van der Waals surface area (Å²) in [6.07, 6.45) is 0. The molecule has 1 atom stereocenters. The van der Waals surface area contributed by atoms with Crippen molar-refractivity contribution in [2.45, 2.75) is 13.0 Å². The molecule has 0 aliphatic carbocycles. The number of phosphoric acid groups is 1. The highest BCUT2D eigenvalue weighted by molar-refractivity contribution is 7.80. The molecule has 0 aliphatic rings. The molecule has 0 unspecified atom stereocenters. The second-order valence-corrected chi connectivity index (χ2v) is 3.68. The van der Waals surface area contributed by atoms with Crippen LogP contribution < -0.4 is 5.32 Å². The highest BCUT2D eigenvalue weighted by Crippen LogP contribution is 2.25. The second kappa shape index (κ2) is 7.66. The Morgan fingerprint density at radius 1 is 1.40 bits per heavy atom. The number of hydrogen-bond acceptors (Lipinski definition) is 4. The summed E-state index contributed by atoms with van der Waals surface area (Å²) in [7, 11) is -4.64. The Balaban J connectivity index is 0. The van der Waals surface area contributed by atoms with Crippen LogP contribution in [0.4, 0.5) is 0 Å². The third kappa shape index (κ3) is 19.7. The van der Waals surface area contributed by atoms with Crippen LogP contribution in [0.1, 0.15) is 6.92 Å². The third-order valence-corrected chi connectivity index (χ3v) is 1.22. The molecular formula is C5H12NO7PS. The van der Waals surface area contributed by atoms with Gasteiger partial charge in [0, 0.05) is 12.7 Å². The molecule has 0 saturated heterocycles. The molecule has 0 bridgehead atoms. The minimum Gasteiger partial charge on any atom is -0.480 e. The molecule has 0 aromatic rings. The van der Waals surface area contributed by atoms with Crippen molar-refractivity contribution in [1.29, 1.82) is 0 Å². The number of hydrogen-bond donors (Lipinski definition) is 6. The standard InChI is InChI=1S/C5H9NO3S.H3O4P/c1-3(7)6-4(2-10)5(8)9;1-5(2,3)4/h4,10H,2H2,1H3,(H,6,7)(H,8,9);(H3,1,2,3,4)/t4-;/m0./s1. The highest BCUT2D eigenvalue weighted by atomic mass is 32.1. The molecule has 0 aromatic heterocycles. The predicted molar refractivity (Wildman–Crippen MR) is 53.4 cm³/mol. The maximum Gasteiger partial charge on any atom is 0.466 e. The molecule has 15 heavy (non-hydrogen) atoms. The molecule has 0 heterocycles. The third-order valence-electron chi connectivity index (χ3n) is 0.858. The zero-order valence-electron chi connectivity index (χ0n) is 7.69. The van der Waals surface area contributed by atoms with Gasteiger partial charge in [-0.15, -0.1) is 0 Å². The number of aliphatic carboxylic acids is 1. The molecule has 0 saturated carbocycles.